The molecule has 1 aliphatic carbocycles. The van der Waals surface area contributed by atoms with E-state index in [4.69, 9.17) is 15.7 Å². The number of ether oxygens (including phenoxy) is 1. The van der Waals surface area contributed by atoms with Gasteiger partial charge in [0, 0.05) is 6.20 Å². The molecule has 1 fully saturated rings. The molecular formula is C13H19N3O2. The normalized spacial score (nSPS) is 17.7. The Kier molecular flexibility index (Phi) is 4.39. The number of hydrogen-bond acceptors (Lipinski definition) is 4. The van der Waals surface area contributed by atoms with Crippen LogP contribution in [-0.4, -0.2) is 22.6 Å². The molecule has 0 aliphatic heterocycles. The number of oxime groups is 1. The quantitative estimate of drug-likeness (QED) is 0.371. The zero-order chi connectivity index (χ0) is 12.8. The van der Waals surface area contributed by atoms with Crippen molar-refractivity contribution in [3.8, 4) is 5.88 Å². The highest BCUT2D eigenvalue weighted by molar-refractivity contribution is 5.98. The van der Waals surface area contributed by atoms with Gasteiger partial charge in [-0.05, 0) is 30.9 Å². The Morgan fingerprint density at radius 3 is 2.94 bits per heavy atom. The summed E-state index contributed by atoms with van der Waals surface area (Å²) in [4.78, 5) is 4.14. The van der Waals surface area contributed by atoms with E-state index in [0.717, 1.165) is 0 Å². The van der Waals surface area contributed by atoms with Crippen molar-refractivity contribution in [2.45, 2.75) is 32.1 Å². The molecule has 0 saturated heterocycles. The number of amidine groups is 1. The smallest absolute Gasteiger partial charge is 0.224 e. The fourth-order valence-electron chi connectivity index (χ4n) is 2.31. The van der Waals surface area contributed by atoms with Gasteiger partial charge in [0.25, 0.3) is 0 Å². The number of nitrogens with two attached hydrogens (primary N) is 1. The van der Waals surface area contributed by atoms with Gasteiger partial charge in [0.05, 0.1) is 12.2 Å². The molecule has 1 aromatic rings. The minimum absolute atomic E-state index is 0.0294. The van der Waals surface area contributed by atoms with Crippen LogP contribution < -0.4 is 10.5 Å². The molecule has 0 atom stereocenters. The highest BCUT2D eigenvalue weighted by Crippen LogP contribution is 2.24. The summed E-state index contributed by atoms with van der Waals surface area (Å²) in [6, 6.07) is 3.47. The van der Waals surface area contributed by atoms with Crippen LogP contribution in [0.5, 0.6) is 5.88 Å². The summed E-state index contributed by atoms with van der Waals surface area (Å²) in [6.45, 7) is 0.655. The summed E-state index contributed by atoms with van der Waals surface area (Å²) >= 11 is 0. The van der Waals surface area contributed by atoms with E-state index in [2.05, 4.69) is 10.1 Å². The second kappa shape index (κ2) is 6.23. The predicted octanol–water partition coefficient (Wildman–Crippen LogP) is 2.14. The first-order valence-corrected chi connectivity index (χ1v) is 6.37. The summed E-state index contributed by atoms with van der Waals surface area (Å²) in [6.07, 6.45) is 7.96. The van der Waals surface area contributed by atoms with E-state index < -0.39 is 0 Å². The average Bonchev–Trinajstić information content (AvgIpc) is 2.45. The van der Waals surface area contributed by atoms with E-state index >= 15 is 0 Å². The molecule has 3 N–H and O–H groups in total. The van der Waals surface area contributed by atoms with Gasteiger partial charge in [0.2, 0.25) is 5.88 Å². The minimum atomic E-state index is 0.0294. The van der Waals surface area contributed by atoms with Crippen molar-refractivity contribution < 1.29 is 9.94 Å². The molecule has 1 saturated carbocycles. The van der Waals surface area contributed by atoms with Crippen molar-refractivity contribution in [2.75, 3.05) is 6.61 Å². The number of hydrogen-bond donors (Lipinski definition) is 2. The maximum absolute atomic E-state index is 8.71. The number of pyridine rings is 1. The molecule has 98 valence electrons. The molecule has 0 bridgehead atoms. The van der Waals surface area contributed by atoms with Crippen molar-refractivity contribution in [1.29, 1.82) is 0 Å². The van der Waals surface area contributed by atoms with Crippen LogP contribution in [0.4, 0.5) is 0 Å². The van der Waals surface area contributed by atoms with Gasteiger partial charge < -0.3 is 15.7 Å². The molecule has 0 aromatic carbocycles. The molecule has 5 nitrogen and oxygen atoms in total. The van der Waals surface area contributed by atoms with E-state index in [9.17, 15) is 0 Å². The summed E-state index contributed by atoms with van der Waals surface area (Å²) in [5.41, 5.74) is 6.12. The van der Waals surface area contributed by atoms with E-state index in [-0.39, 0.29) is 5.84 Å². The highest BCUT2D eigenvalue weighted by Gasteiger charge is 2.16. The van der Waals surface area contributed by atoms with Gasteiger partial charge in [-0.3, -0.25) is 0 Å². The Morgan fingerprint density at radius 1 is 1.44 bits per heavy atom. The molecule has 2 rings (SSSR count). The van der Waals surface area contributed by atoms with Crippen molar-refractivity contribution >= 4 is 5.84 Å². The number of rotatable bonds is 4. The summed E-state index contributed by atoms with van der Waals surface area (Å²) in [5, 5.41) is 11.7. The Bertz CT molecular complexity index is 414. The molecule has 0 spiro atoms. The van der Waals surface area contributed by atoms with E-state index in [0.29, 0.717) is 24.0 Å². The third-order valence-corrected chi connectivity index (χ3v) is 3.34. The standard InChI is InChI=1S/C13H19N3O2/c14-12(16-17)11-7-4-8-15-13(11)18-9-10-5-2-1-3-6-10/h4,7-8,10,17H,1-3,5-6,9H2,(H2,14,16). The van der Waals surface area contributed by atoms with Gasteiger partial charge in [0.15, 0.2) is 5.84 Å². The van der Waals surface area contributed by atoms with Crippen LogP contribution in [-0.2, 0) is 0 Å². The van der Waals surface area contributed by atoms with Gasteiger partial charge in [-0.2, -0.15) is 0 Å². The number of aromatic nitrogens is 1. The lowest BCUT2D eigenvalue weighted by Crippen LogP contribution is -2.19. The first kappa shape index (κ1) is 12.7. The Balaban J connectivity index is 2.00. The molecule has 0 radical (unpaired) electrons. The monoisotopic (exact) mass is 249 g/mol. The minimum Gasteiger partial charge on any atom is -0.477 e. The Hall–Kier alpha value is -1.78. The largest absolute Gasteiger partial charge is 0.477 e. The average molecular weight is 249 g/mol. The zero-order valence-electron chi connectivity index (χ0n) is 10.4. The van der Waals surface area contributed by atoms with Crippen LogP contribution >= 0.6 is 0 Å². The highest BCUT2D eigenvalue weighted by atomic mass is 16.5. The van der Waals surface area contributed by atoms with Crippen molar-refractivity contribution in [3.05, 3.63) is 23.9 Å². The molecule has 5 heteroatoms. The fraction of sp³-hybridized carbons (Fsp3) is 0.538. The topological polar surface area (TPSA) is 80.7 Å². The Labute approximate surface area is 107 Å². The summed E-state index contributed by atoms with van der Waals surface area (Å²) in [5.74, 6) is 1.07. The van der Waals surface area contributed by atoms with Crippen LogP contribution in [0, 0.1) is 5.92 Å². The predicted molar refractivity (Wildman–Crippen MR) is 68.8 cm³/mol. The van der Waals surface area contributed by atoms with Crippen LogP contribution in [0.15, 0.2) is 23.5 Å². The molecule has 0 amide bonds. The summed E-state index contributed by atoms with van der Waals surface area (Å²) < 4.78 is 5.72. The second-order valence-electron chi connectivity index (χ2n) is 4.66. The van der Waals surface area contributed by atoms with Crippen LogP contribution in [0.1, 0.15) is 37.7 Å². The zero-order valence-corrected chi connectivity index (χ0v) is 10.4. The van der Waals surface area contributed by atoms with Gasteiger partial charge in [-0.25, -0.2) is 4.98 Å². The van der Waals surface area contributed by atoms with Crippen molar-refractivity contribution in [1.82, 2.24) is 4.98 Å². The second-order valence-corrected chi connectivity index (χ2v) is 4.66. The van der Waals surface area contributed by atoms with Crippen molar-refractivity contribution in [3.63, 3.8) is 0 Å². The third-order valence-electron chi connectivity index (χ3n) is 3.34. The van der Waals surface area contributed by atoms with Crippen LogP contribution in [0.3, 0.4) is 0 Å². The fourth-order valence-corrected chi connectivity index (χ4v) is 2.31. The SMILES string of the molecule is N/C(=N\O)c1cccnc1OCC1CCCCC1. The first-order chi connectivity index (χ1) is 8.81. The maximum atomic E-state index is 8.71. The third kappa shape index (κ3) is 3.12. The molecule has 1 aliphatic rings. The summed E-state index contributed by atoms with van der Waals surface area (Å²) in [7, 11) is 0. The lowest BCUT2D eigenvalue weighted by Gasteiger charge is -2.21. The first-order valence-electron chi connectivity index (χ1n) is 6.37. The van der Waals surface area contributed by atoms with E-state index in [1.807, 2.05) is 0 Å². The number of nitrogens with zero attached hydrogens (tertiary/aromatic N) is 2. The molecular weight excluding hydrogens is 230 g/mol. The van der Waals surface area contributed by atoms with Gasteiger partial charge in [-0.15, -0.1) is 0 Å². The maximum Gasteiger partial charge on any atom is 0.224 e. The van der Waals surface area contributed by atoms with Gasteiger partial charge in [0.1, 0.15) is 0 Å². The molecule has 1 aromatic heterocycles. The van der Waals surface area contributed by atoms with Crippen LogP contribution in [0.25, 0.3) is 0 Å². The Morgan fingerprint density at radius 2 is 2.22 bits per heavy atom. The molecule has 0 unspecified atom stereocenters. The lowest BCUT2D eigenvalue weighted by atomic mass is 9.90. The van der Waals surface area contributed by atoms with Crippen LogP contribution in [0.2, 0.25) is 0 Å². The van der Waals surface area contributed by atoms with Gasteiger partial charge in [-0.1, -0.05) is 24.4 Å². The molecule has 1 heterocycles. The lowest BCUT2D eigenvalue weighted by molar-refractivity contribution is 0.202. The van der Waals surface area contributed by atoms with Gasteiger partial charge >= 0.3 is 0 Å². The molecule has 18 heavy (non-hydrogen) atoms. The van der Waals surface area contributed by atoms with E-state index in [1.54, 1.807) is 18.3 Å². The van der Waals surface area contributed by atoms with E-state index in [1.165, 1.54) is 32.1 Å². The van der Waals surface area contributed by atoms with Crippen molar-refractivity contribution in [2.24, 2.45) is 16.8 Å².